The predicted octanol–water partition coefficient (Wildman–Crippen LogP) is 2.46. The molecule has 2 saturated carbocycles. The first kappa shape index (κ1) is 11.4. The van der Waals surface area contributed by atoms with Crippen LogP contribution in [-0.2, 0) is 0 Å². The summed E-state index contributed by atoms with van der Waals surface area (Å²) in [4.78, 5) is 0. The zero-order valence-electron chi connectivity index (χ0n) is 9.97. The highest BCUT2D eigenvalue weighted by Gasteiger charge is 2.36. The second-order valence-corrected chi connectivity index (χ2v) is 5.55. The Hall–Kier alpha value is -0.0800. The lowest BCUT2D eigenvalue weighted by molar-refractivity contribution is 0.0647. The van der Waals surface area contributed by atoms with Gasteiger partial charge in [0.15, 0.2) is 0 Å². The summed E-state index contributed by atoms with van der Waals surface area (Å²) in [6, 6.07) is 0.378. The third kappa shape index (κ3) is 2.54. The van der Waals surface area contributed by atoms with Gasteiger partial charge in [-0.3, -0.25) is 0 Å². The van der Waals surface area contributed by atoms with E-state index in [1.807, 2.05) is 0 Å². The standard InChI is InChI=1S/C13H25NO/c1-2-13(8-5-9-13)10-14-11-6-3-4-7-12(11)15/h11-12,14-15H,2-10H2,1H3/t11-,12-/m0/s1. The van der Waals surface area contributed by atoms with E-state index in [-0.39, 0.29) is 6.10 Å². The summed E-state index contributed by atoms with van der Waals surface area (Å²) in [5.74, 6) is 0. The van der Waals surface area contributed by atoms with Crippen LogP contribution in [0.4, 0.5) is 0 Å². The zero-order chi connectivity index (χ0) is 10.7. The first-order chi connectivity index (χ1) is 7.26. The number of hydrogen-bond donors (Lipinski definition) is 2. The first-order valence-corrected chi connectivity index (χ1v) is 6.67. The fourth-order valence-corrected chi connectivity index (χ4v) is 3.03. The molecule has 0 aromatic carbocycles. The Morgan fingerprint density at radius 3 is 2.47 bits per heavy atom. The molecule has 2 aliphatic carbocycles. The molecule has 0 radical (unpaired) electrons. The van der Waals surface area contributed by atoms with Crippen LogP contribution in [0, 0.1) is 5.41 Å². The van der Waals surface area contributed by atoms with Crippen LogP contribution < -0.4 is 5.32 Å². The lowest BCUT2D eigenvalue weighted by atomic mass is 9.67. The molecule has 0 bridgehead atoms. The Bertz CT molecular complexity index is 195. The summed E-state index contributed by atoms with van der Waals surface area (Å²) in [5.41, 5.74) is 0.581. The van der Waals surface area contributed by atoms with Crippen molar-refractivity contribution in [3.05, 3.63) is 0 Å². The Balaban J connectivity index is 1.76. The molecule has 88 valence electrons. The Kier molecular flexibility index (Phi) is 3.68. The smallest absolute Gasteiger partial charge is 0.0693 e. The molecule has 0 saturated heterocycles. The van der Waals surface area contributed by atoms with E-state index >= 15 is 0 Å². The predicted molar refractivity (Wildman–Crippen MR) is 62.8 cm³/mol. The zero-order valence-corrected chi connectivity index (χ0v) is 9.97. The van der Waals surface area contributed by atoms with E-state index in [9.17, 15) is 5.11 Å². The second kappa shape index (κ2) is 4.84. The molecule has 0 aromatic rings. The largest absolute Gasteiger partial charge is 0.392 e. The molecule has 2 nitrogen and oxygen atoms in total. The highest BCUT2D eigenvalue weighted by Crippen LogP contribution is 2.43. The Morgan fingerprint density at radius 1 is 1.20 bits per heavy atom. The molecule has 2 atom stereocenters. The lowest BCUT2D eigenvalue weighted by Crippen LogP contribution is -2.48. The lowest BCUT2D eigenvalue weighted by Gasteiger charge is -2.43. The van der Waals surface area contributed by atoms with Gasteiger partial charge in [0.25, 0.3) is 0 Å². The number of hydrogen-bond acceptors (Lipinski definition) is 2. The van der Waals surface area contributed by atoms with Gasteiger partial charge in [0.1, 0.15) is 0 Å². The molecule has 2 aliphatic rings. The van der Waals surface area contributed by atoms with Crippen LogP contribution in [0.2, 0.25) is 0 Å². The number of aliphatic hydroxyl groups is 1. The minimum absolute atomic E-state index is 0.0901. The Morgan fingerprint density at radius 2 is 1.93 bits per heavy atom. The van der Waals surface area contributed by atoms with Gasteiger partial charge in [-0.15, -0.1) is 0 Å². The van der Waals surface area contributed by atoms with Gasteiger partial charge < -0.3 is 10.4 Å². The van der Waals surface area contributed by atoms with Crippen molar-refractivity contribution >= 4 is 0 Å². The maximum Gasteiger partial charge on any atom is 0.0693 e. The molecule has 0 aromatic heterocycles. The van der Waals surface area contributed by atoms with E-state index in [2.05, 4.69) is 12.2 Å². The van der Waals surface area contributed by atoms with Gasteiger partial charge in [-0.1, -0.05) is 26.2 Å². The summed E-state index contributed by atoms with van der Waals surface area (Å²) in [5, 5.41) is 13.5. The van der Waals surface area contributed by atoms with E-state index in [1.165, 1.54) is 44.9 Å². The van der Waals surface area contributed by atoms with E-state index in [4.69, 9.17) is 0 Å². The van der Waals surface area contributed by atoms with E-state index in [1.54, 1.807) is 0 Å². The normalized spacial score (nSPS) is 34.8. The van der Waals surface area contributed by atoms with Crippen molar-refractivity contribution in [2.45, 2.75) is 70.4 Å². The van der Waals surface area contributed by atoms with Crippen molar-refractivity contribution in [3.8, 4) is 0 Å². The van der Waals surface area contributed by atoms with Crippen LogP contribution in [0.1, 0.15) is 58.3 Å². The number of nitrogens with one attached hydrogen (secondary N) is 1. The van der Waals surface area contributed by atoms with Crippen molar-refractivity contribution in [1.29, 1.82) is 0 Å². The minimum atomic E-state index is -0.0901. The maximum atomic E-state index is 9.87. The van der Waals surface area contributed by atoms with Gasteiger partial charge in [-0.05, 0) is 37.5 Å². The molecule has 15 heavy (non-hydrogen) atoms. The van der Waals surface area contributed by atoms with Crippen molar-refractivity contribution in [1.82, 2.24) is 5.32 Å². The third-order valence-electron chi connectivity index (χ3n) is 4.63. The van der Waals surface area contributed by atoms with Gasteiger partial charge in [0.05, 0.1) is 6.10 Å². The fraction of sp³-hybridized carbons (Fsp3) is 1.00. The number of rotatable bonds is 4. The van der Waals surface area contributed by atoms with Gasteiger partial charge in [0.2, 0.25) is 0 Å². The van der Waals surface area contributed by atoms with Crippen LogP contribution in [-0.4, -0.2) is 23.8 Å². The first-order valence-electron chi connectivity index (χ1n) is 6.67. The SMILES string of the molecule is CCC1(CN[C@H]2CCCC[C@@H]2O)CCC1. The van der Waals surface area contributed by atoms with E-state index in [0.29, 0.717) is 11.5 Å². The molecular weight excluding hydrogens is 186 g/mol. The van der Waals surface area contributed by atoms with Gasteiger partial charge in [0, 0.05) is 12.6 Å². The molecule has 0 amide bonds. The summed E-state index contributed by atoms with van der Waals surface area (Å²) >= 11 is 0. The van der Waals surface area contributed by atoms with E-state index in [0.717, 1.165) is 13.0 Å². The van der Waals surface area contributed by atoms with Gasteiger partial charge in [-0.25, -0.2) is 0 Å². The molecule has 0 heterocycles. The van der Waals surface area contributed by atoms with Crippen LogP contribution in [0.25, 0.3) is 0 Å². The maximum absolute atomic E-state index is 9.87. The highest BCUT2D eigenvalue weighted by atomic mass is 16.3. The minimum Gasteiger partial charge on any atom is -0.392 e. The molecular formula is C13H25NO. The van der Waals surface area contributed by atoms with Crippen molar-refractivity contribution in [3.63, 3.8) is 0 Å². The molecule has 2 fully saturated rings. The fourth-order valence-electron chi connectivity index (χ4n) is 3.03. The average molecular weight is 211 g/mol. The molecule has 2 heteroatoms. The summed E-state index contributed by atoms with van der Waals surface area (Å²) in [7, 11) is 0. The molecule has 0 unspecified atom stereocenters. The van der Waals surface area contributed by atoms with Crippen LogP contribution >= 0.6 is 0 Å². The van der Waals surface area contributed by atoms with Crippen LogP contribution in [0.15, 0.2) is 0 Å². The van der Waals surface area contributed by atoms with Crippen LogP contribution in [0.3, 0.4) is 0 Å². The monoisotopic (exact) mass is 211 g/mol. The average Bonchev–Trinajstić information content (AvgIpc) is 2.19. The van der Waals surface area contributed by atoms with Crippen molar-refractivity contribution in [2.75, 3.05) is 6.54 Å². The molecule has 0 spiro atoms. The summed E-state index contributed by atoms with van der Waals surface area (Å²) in [6.45, 7) is 3.43. The summed E-state index contributed by atoms with van der Waals surface area (Å²) < 4.78 is 0. The van der Waals surface area contributed by atoms with Crippen LogP contribution in [0.5, 0.6) is 0 Å². The molecule has 2 N–H and O–H groups in total. The van der Waals surface area contributed by atoms with Crippen molar-refractivity contribution < 1.29 is 5.11 Å². The van der Waals surface area contributed by atoms with Gasteiger partial charge >= 0.3 is 0 Å². The Labute approximate surface area is 93.5 Å². The topological polar surface area (TPSA) is 32.3 Å². The quantitative estimate of drug-likeness (QED) is 0.748. The van der Waals surface area contributed by atoms with E-state index < -0.39 is 0 Å². The summed E-state index contributed by atoms with van der Waals surface area (Å²) in [6.07, 6.45) is 10.0. The van der Waals surface area contributed by atoms with Crippen molar-refractivity contribution in [2.24, 2.45) is 5.41 Å². The second-order valence-electron chi connectivity index (χ2n) is 5.55. The third-order valence-corrected chi connectivity index (χ3v) is 4.63. The molecule has 2 rings (SSSR count). The van der Waals surface area contributed by atoms with Gasteiger partial charge in [-0.2, -0.15) is 0 Å². The number of aliphatic hydroxyl groups excluding tert-OH is 1. The highest BCUT2D eigenvalue weighted by molar-refractivity contribution is 4.91. The molecule has 0 aliphatic heterocycles.